The van der Waals surface area contributed by atoms with Crippen LogP contribution >= 0.6 is 0 Å². The molecule has 11 heteroatoms. The SMILES string of the molecule is Cc1cc(O)c(NC(=O)NC(CC(=O)O)c2cc(-c3ccc(F)cc3F)ccc2F)c(=O)n1C. The Balaban J connectivity index is 1.95. The lowest BCUT2D eigenvalue weighted by Crippen LogP contribution is -2.36. The van der Waals surface area contributed by atoms with Gasteiger partial charge in [-0.05, 0) is 36.8 Å². The van der Waals surface area contributed by atoms with E-state index in [1.807, 2.05) is 0 Å². The second-order valence-electron chi connectivity index (χ2n) is 7.52. The molecule has 0 radical (unpaired) electrons. The Kier molecular flexibility index (Phi) is 6.94. The minimum absolute atomic E-state index is 0.0609. The monoisotopic (exact) mass is 475 g/mol. The van der Waals surface area contributed by atoms with Crippen LogP contribution in [-0.2, 0) is 11.8 Å². The summed E-state index contributed by atoms with van der Waals surface area (Å²) in [5.74, 6) is -4.49. The Morgan fingerprint density at radius 1 is 1.06 bits per heavy atom. The second kappa shape index (κ2) is 9.69. The summed E-state index contributed by atoms with van der Waals surface area (Å²) in [6.07, 6.45) is -0.752. The van der Waals surface area contributed by atoms with Crippen molar-refractivity contribution in [3.63, 3.8) is 0 Å². The molecular weight excluding hydrogens is 455 g/mol. The van der Waals surface area contributed by atoms with Gasteiger partial charge in [0.2, 0.25) is 0 Å². The summed E-state index contributed by atoms with van der Waals surface area (Å²) in [5.41, 5.74) is -0.973. The molecule has 2 amide bonds. The van der Waals surface area contributed by atoms with Gasteiger partial charge in [-0.15, -0.1) is 0 Å². The predicted octanol–water partition coefficient (Wildman–Crippen LogP) is 3.82. The number of benzene rings is 2. The largest absolute Gasteiger partial charge is 0.505 e. The summed E-state index contributed by atoms with van der Waals surface area (Å²) in [6.45, 7) is 1.56. The molecule has 0 saturated carbocycles. The highest BCUT2D eigenvalue weighted by atomic mass is 19.1. The number of carbonyl (C=O) groups excluding carboxylic acids is 1. The van der Waals surface area contributed by atoms with Crippen molar-refractivity contribution in [1.82, 2.24) is 9.88 Å². The van der Waals surface area contributed by atoms with E-state index >= 15 is 0 Å². The molecule has 0 bridgehead atoms. The van der Waals surface area contributed by atoms with Crippen LogP contribution < -0.4 is 16.2 Å². The molecule has 3 aromatic rings. The van der Waals surface area contributed by atoms with Crippen molar-refractivity contribution in [3.05, 3.63) is 81.5 Å². The van der Waals surface area contributed by atoms with Crippen molar-refractivity contribution in [3.8, 4) is 16.9 Å². The summed E-state index contributed by atoms with van der Waals surface area (Å²) in [4.78, 5) is 36.3. The van der Waals surface area contributed by atoms with Crippen molar-refractivity contribution in [2.75, 3.05) is 5.32 Å². The van der Waals surface area contributed by atoms with Gasteiger partial charge in [0, 0.05) is 36.0 Å². The van der Waals surface area contributed by atoms with Gasteiger partial charge in [-0.2, -0.15) is 0 Å². The molecule has 4 N–H and O–H groups in total. The number of carboxylic acids is 1. The van der Waals surface area contributed by atoms with E-state index in [1.54, 1.807) is 6.92 Å². The predicted molar refractivity (Wildman–Crippen MR) is 117 cm³/mol. The molecule has 1 atom stereocenters. The van der Waals surface area contributed by atoms with Gasteiger partial charge in [0.15, 0.2) is 5.69 Å². The number of aromatic nitrogens is 1. The van der Waals surface area contributed by atoms with Gasteiger partial charge >= 0.3 is 12.0 Å². The lowest BCUT2D eigenvalue weighted by molar-refractivity contribution is -0.137. The number of carbonyl (C=O) groups is 2. The average Bonchev–Trinajstić information content (AvgIpc) is 2.75. The average molecular weight is 475 g/mol. The van der Waals surface area contributed by atoms with Crippen molar-refractivity contribution >= 4 is 17.7 Å². The quantitative estimate of drug-likeness (QED) is 0.432. The third-order valence-corrected chi connectivity index (χ3v) is 5.19. The van der Waals surface area contributed by atoms with Crippen molar-refractivity contribution in [1.29, 1.82) is 0 Å². The molecule has 178 valence electrons. The number of anilines is 1. The molecule has 3 rings (SSSR count). The molecule has 0 aliphatic rings. The summed E-state index contributed by atoms with van der Waals surface area (Å²) >= 11 is 0. The first-order valence-corrected chi connectivity index (χ1v) is 9.91. The number of hydrogen-bond acceptors (Lipinski definition) is 4. The van der Waals surface area contributed by atoms with Crippen molar-refractivity contribution in [2.45, 2.75) is 19.4 Å². The zero-order valence-electron chi connectivity index (χ0n) is 18.0. The lowest BCUT2D eigenvalue weighted by Gasteiger charge is -2.20. The molecule has 1 heterocycles. The third kappa shape index (κ3) is 5.20. The number of carboxylic acid groups (broad SMARTS) is 1. The standard InChI is InChI=1S/C23H20F3N3O5/c1-11-7-19(30)21(22(33)29(11)2)28-23(34)27-18(10-20(31)32)15-8-12(3-6-16(15)25)14-5-4-13(24)9-17(14)26/h3-9,18,30H,10H2,1-2H3,(H,31,32)(H2,27,28,34). The number of nitrogens with zero attached hydrogens (tertiary/aromatic N) is 1. The molecule has 1 aromatic heterocycles. The number of halogens is 3. The van der Waals surface area contributed by atoms with Gasteiger partial charge in [0.05, 0.1) is 12.5 Å². The Hall–Kier alpha value is -4.28. The van der Waals surface area contributed by atoms with Gasteiger partial charge in [0.25, 0.3) is 5.56 Å². The molecule has 1 unspecified atom stereocenters. The van der Waals surface area contributed by atoms with Crippen LogP contribution in [-0.4, -0.2) is 26.8 Å². The first kappa shape index (κ1) is 24.4. The lowest BCUT2D eigenvalue weighted by atomic mass is 9.97. The third-order valence-electron chi connectivity index (χ3n) is 5.19. The number of aromatic hydroxyl groups is 1. The molecule has 0 saturated heterocycles. The van der Waals surface area contributed by atoms with Crippen LogP contribution in [0.3, 0.4) is 0 Å². The van der Waals surface area contributed by atoms with Crippen LogP contribution in [0.5, 0.6) is 5.75 Å². The summed E-state index contributed by atoms with van der Waals surface area (Å²) in [7, 11) is 1.42. The topological polar surface area (TPSA) is 121 Å². The van der Waals surface area contributed by atoms with E-state index < -0.39 is 58.9 Å². The molecule has 8 nitrogen and oxygen atoms in total. The summed E-state index contributed by atoms with van der Waals surface area (Å²) in [5, 5.41) is 23.7. The van der Waals surface area contributed by atoms with Crippen molar-refractivity contribution < 1.29 is 33.0 Å². The fourth-order valence-corrected chi connectivity index (χ4v) is 3.34. The van der Waals surface area contributed by atoms with Crippen LogP contribution in [0.2, 0.25) is 0 Å². The smallest absolute Gasteiger partial charge is 0.319 e. The maximum absolute atomic E-state index is 14.6. The molecule has 0 fully saturated rings. The number of rotatable bonds is 6. The number of nitrogens with one attached hydrogen (secondary N) is 2. The molecular formula is C23H20F3N3O5. The highest BCUT2D eigenvalue weighted by Crippen LogP contribution is 2.29. The minimum atomic E-state index is -1.43. The van der Waals surface area contributed by atoms with Gasteiger partial charge in [-0.1, -0.05) is 6.07 Å². The highest BCUT2D eigenvalue weighted by molar-refractivity contribution is 5.91. The molecule has 0 aliphatic carbocycles. The number of aliphatic carboxylic acids is 1. The van der Waals surface area contributed by atoms with Gasteiger partial charge in [0.1, 0.15) is 23.2 Å². The van der Waals surface area contributed by atoms with E-state index in [9.17, 15) is 37.8 Å². The van der Waals surface area contributed by atoms with Gasteiger partial charge in [-0.3, -0.25) is 9.59 Å². The Bertz CT molecular complexity index is 1340. The zero-order valence-corrected chi connectivity index (χ0v) is 18.0. The number of urea groups is 1. The Labute approximate surface area is 191 Å². The Morgan fingerprint density at radius 2 is 1.76 bits per heavy atom. The van der Waals surface area contributed by atoms with Crippen LogP contribution in [0, 0.1) is 24.4 Å². The zero-order chi connectivity index (χ0) is 25.2. The highest BCUT2D eigenvalue weighted by Gasteiger charge is 2.24. The van der Waals surface area contributed by atoms with Crippen LogP contribution in [0.1, 0.15) is 23.7 Å². The van der Waals surface area contributed by atoms with Gasteiger partial charge in [-0.25, -0.2) is 18.0 Å². The van der Waals surface area contributed by atoms with E-state index in [2.05, 4.69) is 10.6 Å². The fourth-order valence-electron chi connectivity index (χ4n) is 3.34. The molecule has 2 aromatic carbocycles. The van der Waals surface area contributed by atoms with Crippen LogP contribution in [0.15, 0.2) is 47.3 Å². The number of aryl methyl sites for hydroxylation is 1. The van der Waals surface area contributed by atoms with Crippen LogP contribution in [0.4, 0.5) is 23.7 Å². The summed E-state index contributed by atoms with van der Waals surface area (Å²) < 4.78 is 43.3. The number of pyridine rings is 1. The Morgan fingerprint density at radius 3 is 2.41 bits per heavy atom. The molecule has 0 aliphatic heterocycles. The van der Waals surface area contributed by atoms with E-state index in [-0.39, 0.29) is 16.7 Å². The van der Waals surface area contributed by atoms with Crippen LogP contribution in [0.25, 0.3) is 11.1 Å². The second-order valence-corrected chi connectivity index (χ2v) is 7.52. The maximum Gasteiger partial charge on any atom is 0.319 e. The normalized spacial score (nSPS) is 11.7. The van der Waals surface area contributed by atoms with Crippen molar-refractivity contribution in [2.24, 2.45) is 7.05 Å². The first-order chi connectivity index (χ1) is 16.0. The first-order valence-electron chi connectivity index (χ1n) is 9.91. The fraction of sp³-hybridized carbons (Fsp3) is 0.174. The minimum Gasteiger partial charge on any atom is -0.505 e. The van der Waals surface area contributed by atoms with E-state index in [0.717, 1.165) is 24.3 Å². The summed E-state index contributed by atoms with van der Waals surface area (Å²) in [6, 6.07) is 4.85. The van der Waals surface area contributed by atoms with E-state index in [0.29, 0.717) is 11.8 Å². The van der Waals surface area contributed by atoms with E-state index in [1.165, 1.54) is 23.7 Å². The number of amides is 2. The number of hydrogen-bond donors (Lipinski definition) is 4. The van der Waals surface area contributed by atoms with E-state index in [4.69, 9.17) is 0 Å². The molecule has 34 heavy (non-hydrogen) atoms. The van der Waals surface area contributed by atoms with Gasteiger partial charge < -0.3 is 25.4 Å². The maximum atomic E-state index is 14.6. The molecule has 0 spiro atoms.